The molecule has 1 aromatic rings. The lowest BCUT2D eigenvalue weighted by Crippen LogP contribution is -3.28. The fourth-order valence-electron chi connectivity index (χ4n) is 5.16. The highest BCUT2D eigenvalue weighted by molar-refractivity contribution is 5.91. The van der Waals surface area contributed by atoms with Crippen molar-refractivity contribution in [2.24, 2.45) is 5.92 Å². The summed E-state index contributed by atoms with van der Waals surface area (Å²) in [6.07, 6.45) is 7.52. The number of hydrogen-bond acceptors (Lipinski definition) is 6. The Morgan fingerprint density at radius 2 is 1.39 bits per heavy atom. The smallest absolute Gasteiger partial charge is 0.338 e. The topological polar surface area (TPSA) is 79.9 Å². The first-order chi connectivity index (χ1) is 16.5. The molecule has 1 saturated carbocycles. The van der Waals surface area contributed by atoms with Crippen molar-refractivity contribution in [3.05, 3.63) is 17.7 Å². The number of carbonyl (C=O) groups is 2. The van der Waals surface area contributed by atoms with E-state index in [1.807, 2.05) is 0 Å². The molecule has 1 aliphatic carbocycles. The molecule has 1 saturated heterocycles. The number of hydrogen-bond donors (Lipinski definition) is 2. The number of piperazine rings is 1. The quantitative estimate of drug-likeness (QED) is 0.200. The van der Waals surface area contributed by atoms with Crippen LogP contribution in [0, 0.1) is 5.92 Å². The van der Waals surface area contributed by atoms with Gasteiger partial charge in [-0.2, -0.15) is 0 Å². The molecular weight excluding hydrogens is 507 g/mol. The third kappa shape index (κ3) is 9.29. The average Bonchev–Trinajstić information content (AvgIpc) is 2.89. The van der Waals surface area contributed by atoms with Gasteiger partial charge in [0.1, 0.15) is 32.0 Å². The van der Waals surface area contributed by atoms with E-state index in [0.717, 1.165) is 65.0 Å². The maximum Gasteiger partial charge on any atom is 0.338 e. The van der Waals surface area contributed by atoms with E-state index in [0.29, 0.717) is 41.1 Å². The fourth-order valence-corrected chi connectivity index (χ4v) is 5.16. The number of halogens is 2. The van der Waals surface area contributed by atoms with Crippen LogP contribution < -0.4 is 48.8 Å². The highest BCUT2D eigenvalue weighted by Crippen LogP contribution is 2.38. The van der Waals surface area contributed by atoms with Gasteiger partial charge in [-0.15, -0.1) is 0 Å². The summed E-state index contributed by atoms with van der Waals surface area (Å²) in [7, 11) is 4.57. The third-order valence-corrected chi connectivity index (χ3v) is 7.26. The Kier molecular flexibility index (Phi) is 15.2. The monoisotopic (exact) mass is 548 g/mol. The average molecular weight is 550 g/mol. The number of nitrogens with one attached hydrogen (secondary N) is 2. The molecule has 2 fully saturated rings. The molecule has 0 atom stereocenters. The number of benzene rings is 1. The van der Waals surface area contributed by atoms with E-state index in [-0.39, 0.29) is 24.8 Å². The Balaban J connectivity index is 0.00000324. The summed E-state index contributed by atoms with van der Waals surface area (Å²) in [4.78, 5) is 28.1. The van der Waals surface area contributed by atoms with Gasteiger partial charge in [-0.05, 0) is 25.0 Å². The Morgan fingerprint density at radius 3 is 1.92 bits per heavy atom. The standard InChI is InChI=1S/C26H40N2O6.2ClH/c1-31-23-18-21(19-24(32-2)25(23)33-3)26(30)34-17-7-11-27-13-15-28(16-14-27)12-10-22(29)20-8-5-4-6-9-20;;/h18-20H,4-17H2,1-3H3;2*1H. The van der Waals surface area contributed by atoms with Gasteiger partial charge < -0.3 is 53.6 Å². The molecule has 1 aromatic carbocycles. The molecule has 3 rings (SSSR count). The Bertz CT molecular complexity index is 787. The summed E-state index contributed by atoms with van der Waals surface area (Å²) >= 11 is 0. The van der Waals surface area contributed by atoms with Crippen molar-refractivity contribution in [2.75, 3.05) is 67.2 Å². The lowest BCUT2D eigenvalue weighted by Gasteiger charge is -2.30. The maximum atomic E-state index is 12.5. The van der Waals surface area contributed by atoms with E-state index < -0.39 is 5.97 Å². The minimum absolute atomic E-state index is 0. The molecule has 206 valence electrons. The number of ketones is 1. The summed E-state index contributed by atoms with van der Waals surface area (Å²) in [5.41, 5.74) is 0.377. The van der Waals surface area contributed by atoms with Crippen molar-refractivity contribution in [3.63, 3.8) is 0 Å². The van der Waals surface area contributed by atoms with E-state index in [1.165, 1.54) is 40.6 Å². The second-order valence-corrected chi connectivity index (χ2v) is 9.45. The van der Waals surface area contributed by atoms with Crippen molar-refractivity contribution >= 4 is 11.8 Å². The molecule has 0 aromatic heterocycles. The predicted octanol–water partition coefficient (Wildman–Crippen LogP) is -5.41. The van der Waals surface area contributed by atoms with Crippen molar-refractivity contribution in [1.29, 1.82) is 0 Å². The van der Waals surface area contributed by atoms with E-state index in [1.54, 1.807) is 21.9 Å². The number of methoxy groups -OCH3 is 3. The van der Waals surface area contributed by atoms with E-state index >= 15 is 0 Å². The van der Waals surface area contributed by atoms with Crippen LogP contribution in [-0.2, 0) is 9.53 Å². The molecule has 0 unspecified atom stereocenters. The van der Waals surface area contributed by atoms with Gasteiger partial charge in [0.2, 0.25) is 5.75 Å². The second-order valence-electron chi connectivity index (χ2n) is 9.45. The van der Waals surface area contributed by atoms with Gasteiger partial charge in [-0.3, -0.25) is 4.79 Å². The van der Waals surface area contributed by atoms with Gasteiger partial charge in [-0.1, -0.05) is 19.3 Å². The van der Waals surface area contributed by atoms with Crippen molar-refractivity contribution in [3.8, 4) is 17.2 Å². The number of Topliss-reactive ketones (excluding diaryl/α,β-unsaturated/α-hetero) is 1. The summed E-state index contributed by atoms with van der Waals surface area (Å²) in [5, 5.41) is 0. The van der Waals surface area contributed by atoms with Crippen LogP contribution in [0.4, 0.5) is 0 Å². The number of carbonyl (C=O) groups excluding carboxylic acids is 2. The molecule has 0 spiro atoms. The number of rotatable bonds is 12. The van der Waals surface area contributed by atoms with Crippen LogP contribution in [0.2, 0.25) is 0 Å². The molecule has 0 amide bonds. The lowest BCUT2D eigenvalue weighted by atomic mass is 9.85. The van der Waals surface area contributed by atoms with Gasteiger partial charge in [0.25, 0.3) is 0 Å². The van der Waals surface area contributed by atoms with Gasteiger partial charge >= 0.3 is 5.97 Å². The Hall–Kier alpha value is -1.74. The zero-order valence-electron chi connectivity index (χ0n) is 21.8. The molecular formula is C26H42Cl2N2O6. The highest BCUT2D eigenvalue weighted by atomic mass is 35.5. The summed E-state index contributed by atoms with van der Waals surface area (Å²) in [6.45, 7) is 6.77. The molecule has 1 aliphatic heterocycles. The van der Waals surface area contributed by atoms with Crippen LogP contribution in [0.5, 0.6) is 17.2 Å². The number of quaternary nitrogens is 2. The van der Waals surface area contributed by atoms with Crippen LogP contribution in [0.25, 0.3) is 0 Å². The van der Waals surface area contributed by atoms with Gasteiger partial charge in [0.05, 0.1) is 53.0 Å². The maximum absolute atomic E-state index is 12.5. The Labute approximate surface area is 227 Å². The first kappa shape index (κ1) is 32.3. The molecule has 2 N–H and O–H groups in total. The summed E-state index contributed by atoms with van der Waals surface area (Å²) in [5.74, 6) is 1.74. The van der Waals surface area contributed by atoms with Crippen molar-refractivity contribution in [1.82, 2.24) is 0 Å². The number of ether oxygens (including phenoxy) is 4. The lowest BCUT2D eigenvalue weighted by molar-refractivity contribution is -1.01. The molecule has 36 heavy (non-hydrogen) atoms. The SMILES string of the molecule is COc1cc(C(=O)OCCC[NH+]2CC[NH+](CCC(=O)C3CCCCC3)CC2)cc(OC)c1OC.[Cl-].[Cl-]. The van der Waals surface area contributed by atoms with E-state index in [2.05, 4.69) is 0 Å². The second kappa shape index (κ2) is 16.9. The highest BCUT2D eigenvalue weighted by Gasteiger charge is 2.26. The first-order valence-electron chi connectivity index (χ1n) is 12.7. The molecule has 10 heteroatoms. The molecule has 0 bridgehead atoms. The Morgan fingerprint density at radius 1 is 0.833 bits per heavy atom. The fraction of sp³-hybridized carbons (Fsp3) is 0.692. The largest absolute Gasteiger partial charge is 1.00 e. The van der Waals surface area contributed by atoms with Crippen LogP contribution in [0.1, 0.15) is 55.3 Å². The van der Waals surface area contributed by atoms with Crippen LogP contribution >= 0.6 is 0 Å². The van der Waals surface area contributed by atoms with Crippen molar-refractivity contribution in [2.45, 2.75) is 44.9 Å². The normalized spacial score (nSPS) is 19.9. The van der Waals surface area contributed by atoms with Crippen LogP contribution in [0.3, 0.4) is 0 Å². The van der Waals surface area contributed by atoms with Crippen molar-refractivity contribution < 1.29 is 63.2 Å². The first-order valence-corrected chi connectivity index (χ1v) is 12.7. The van der Waals surface area contributed by atoms with Gasteiger partial charge in [0.15, 0.2) is 11.5 Å². The molecule has 0 radical (unpaired) electrons. The number of esters is 1. The van der Waals surface area contributed by atoms with Gasteiger partial charge in [0, 0.05) is 12.3 Å². The van der Waals surface area contributed by atoms with Crippen LogP contribution in [-0.4, -0.2) is 79.0 Å². The predicted molar refractivity (Wildman–Crippen MR) is 128 cm³/mol. The minimum Gasteiger partial charge on any atom is -1.00 e. The zero-order valence-corrected chi connectivity index (χ0v) is 23.3. The molecule has 8 nitrogen and oxygen atoms in total. The molecule has 1 heterocycles. The summed E-state index contributed by atoms with van der Waals surface area (Å²) in [6, 6.07) is 3.21. The van der Waals surface area contributed by atoms with Crippen LogP contribution in [0.15, 0.2) is 12.1 Å². The third-order valence-electron chi connectivity index (χ3n) is 7.26. The minimum atomic E-state index is -0.397. The van der Waals surface area contributed by atoms with E-state index in [9.17, 15) is 9.59 Å². The summed E-state index contributed by atoms with van der Waals surface area (Å²) < 4.78 is 21.4. The van der Waals surface area contributed by atoms with E-state index in [4.69, 9.17) is 18.9 Å². The molecule has 2 aliphatic rings. The van der Waals surface area contributed by atoms with Gasteiger partial charge in [-0.25, -0.2) is 4.79 Å². The zero-order chi connectivity index (χ0) is 24.3.